The molecule has 32 heavy (non-hydrogen) atoms. The minimum atomic E-state index is -1.32. The van der Waals surface area contributed by atoms with Crippen LogP contribution in [0, 0.1) is 0 Å². The van der Waals surface area contributed by atoms with E-state index in [0.717, 1.165) is 61.8 Å². The van der Waals surface area contributed by atoms with Crippen molar-refractivity contribution in [1.29, 1.82) is 0 Å². The second-order valence-electron chi connectivity index (χ2n) is 8.46. The molecule has 2 saturated heterocycles. The summed E-state index contributed by atoms with van der Waals surface area (Å²) in [5, 5.41) is 0.768. The third kappa shape index (κ3) is 4.02. The summed E-state index contributed by atoms with van der Waals surface area (Å²) in [6, 6.07) is 15.9. The number of carbonyl (C=O) groups is 2. The maximum absolute atomic E-state index is 11.8. The van der Waals surface area contributed by atoms with E-state index < -0.39 is 17.8 Å². The van der Waals surface area contributed by atoms with Crippen LogP contribution in [0.15, 0.2) is 48.5 Å². The molecule has 0 unspecified atom stereocenters. The normalized spacial score (nSPS) is 19.9. The van der Waals surface area contributed by atoms with E-state index in [9.17, 15) is 9.59 Å². The number of para-hydroxylation sites is 1. The second-order valence-corrected chi connectivity index (χ2v) is 8.90. The topological polar surface area (TPSA) is 62.3 Å². The van der Waals surface area contributed by atoms with Gasteiger partial charge in [-0.25, -0.2) is 9.59 Å². The van der Waals surface area contributed by atoms with Crippen LogP contribution in [-0.2, 0) is 25.5 Å². The van der Waals surface area contributed by atoms with Gasteiger partial charge in [0.1, 0.15) is 0 Å². The molecule has 168 valence electrons. The van der Waals surface area contributed by atoms with Crippen LogP contribution in [0.3, 0.4) is 0 Å². The number of nitrogens with zero attached hydrogens (tertiary/aromatic N) is 3. The number of carbonyl (C=O) groups excluding carboxylic acids is 2. The van der Waals surface area contributed by atoms with E-state index in [1.165, 1.54) is 5.69 Å². The van der Waals surface area contributed by atoms with Gasteiger partial charge >= 0.3 is 17.8 Å². The highest BCUT2D eigenvalue weighted by Crippen LogP contribution is 2.43. The SMILES string of the molecule is O=C1OC2(Cc3ccccc3N2CCCCN2CCN(c3cccc(Cl)c3)CC2)OC1=O. The Morgan fingerprint density at radius 2 is 1.59 bits per heavy atom. The van der Waals surface area contributed by atoms with Gasteiger partial charge in [-0.2, -0.15) is 0 Å². The highest BCUT2D eigenvalue weighted by Gasteiger charge is 2.57. The lowest BCUT2D eigenvalue weighted by molar-refractivity contribution is -0.174. The van der Waals surface area contributed by atoms with Gasteiger partial charge in [-0.1, -0.05) is 35.9 Å². The fraction of sp³-hybridized carbons (Fsp3) is 0.417. The molecule has 2 aromatic carbocycles. The summed E-state index contributed by atoms with van der Waals surface area (Å²) in [5.41, 5.74) is 3.16. The van der Waals surface area contributed by atoms with E-state index >= 15 is 0 Å². The van der Waals surface area contributed by atoms with Crippen LogP contribution in [0.5, 0.6) is 0 Å². The first-order valence-corrected chi connectivity index (χ1v) is 11.5. The first-order chi connectivity index (χ1) is 15.5. The third-order valence-corrected chi connectivity index (χ3v) is 6.67. The molecule has 0 aliphatic carbocycles. The molecule has 3 aliphatic rings. The Labute approximate surface area is 192 Å². The third-order valence-electron chi connectivity index (χ3n) is 6.43. The predicted molar refractivity (Wildman–Crippen MR) is 122 cm³/mol. The molecule has 7 nitrogen and oxygen atoms in total. The Bertz CT molecular complexity index is 1010. The summed E-state index contributed by atoms with van der Waals surface area (Å²) in [4.78, 5) is 30.3. The molecule has 0 amide bonds. The van der Waals surface area contributed by atoms with Crippen LogP contribution in [0.2, 0.25) is 5.02 Å². The number of hydrogen-bond donors (Lipinski definition) is 0. The zero-order chi connectivity index (χ0) is 22.1. The molecule has 0 atom stereocenters. The largest absolute Gasteiger partial charge is 0.422 e. The lowest BCUT2D eigenvalue weighted by Gasteiger charge is -2.36. The Balaban J connectivity index is 1.14. The highest BCUT2D eigenvalue weighted by atomic mass is 35.5. The van der Waals surface area contributed by atoms with Crippen LogP contribution in [0.4, 0.5) is 11.4 Å². The minimum Gasteiger partial charge on any atom is -0.395 e. The van der Waals surface area contributed by atoms with Gasteiger partial charge in [0.2, 0.25) is 0 Å². The van der Waals surface area contributed by atoms with Crippen molar-refractivity contribution in [1.82, 2.24) is 4.90 Å². The van der Waals surface area contributed by atoms with Gasteiger partial charge in [-0.05, 0) is 49.2 Å². The van der Waals surface area contributed by atoms with Crippen LogP contribution >= 0.6 is 11.6 Å². The average Bonchev–Trinajstić information content (AvgIpc) is 3.25. The van der Waals surface area contributed by atoms with E-state index in [0.29, 0.717) is 13.0 Å². The number of fused-ring (bicyclic) bond motifs is 1. The summed E-state index contributed by atoms with van der Waals surface area (Å²) in [7, 11) is 0. The van der Waals surface area contributed by atoms with Crippen molar-refractivity contribution < 1.29 is 19.1 Å². The lowest BCUT2D eigenvalue weighted by Crippen LogP contribution is -2.49. The van der Waals surface area contributed by atoms with Gasteiger partial charge in [0.25, 0.3) is 0 Å². The molecule has 0 saturated carbocycles. The van der Waals surface area contributed by atoms with Crippen molar-refractivity contribution in [2.45, 2.75) is 25.2 Å². The van der Waals surface area contributed by atoms with Gasteiger partial charge in [0.05, 0.1) is 6.42 Å². The van der Waals surface area contributed by atoms with Crippen molar-refractivity contribution >= 4 is 34.9 Å². The number of unbranched alkanes of at least 4 members (excludes halogenated alkanes) is 1. The van der Waals surface area contributed by atoms with Gasteiger partial charge in [-0.3, -0.25) is 9.80 Å². The average molecular weight is 456 g/mol. The molecular weight excluding hydrogens is 430 g/mol. The molecule has 3 heterocycles. The number of halogens is 1. The zero-order valence-electron chi connectivity index (χ0n) is 17.8. The molecule has 5 rings (SSSR count). The van der Waals surface area contributed by atoms with E-state index in [-0.39, 0.29) is 0 Å². The fourth-order valence-corrected chi connectivity index (χ4v) is 5.00. The monoisotopic (exact) mass is 455 g/mol. The predicted octanol–water partition coefficient (Wildman–Crippen LogP) is 3.06. The number of esters is 2. The molecule has 3 aliphatic heterocycles. The maximum atomic E-state index is 11.8. The molecular formula is C24H26ClN3O4. The maximum Gasteiger partial charge on any atom is 0.422 e. The van der Waals surface area contributed by atoms with Gasteiger partial charge < -0.3 is 14.4 Å². The Hall–Kier alpha value is -2.77. The Kier molecular flexibility index (Phi) is 5.69. The van der Waals surface area contributed by atoms with Crippen LogP contribution in [0.25, 0.3) is 0 Å². The number of ether oxygens (including phenoxy) is 2. The van der Waals surface area contributed by atoms with E-state index in [2.05, 4.69) is 15.9 Å². The highest BCUT2D eigenvalue weighted by molar-refractivity contribution is 6.31. The minimum absolute atomic E-state index is 0.367. The quantitative estimate of drug-likeness (QED) is 0.377. The number of rotatable bonds is 6. The van der Waals surface area contributed by atoms with Crippen molar-refractivity contribution in [2.24, 2.45) is 0 Å². The number of hydrogen-bond acceptors (Lipinski definition) is 7. The summed E-state index contributed by atoms with van der Waals surface area (Å²) < 4.78 is 10.8. The summed E-state index contributed by atoms with van der Waals surface area (Å²) in [6.45, 7) is 5.64. The first-order valence-electron chi connectivity index (χ1n) is 11.1. The Morgan fingerprint density at radius 3 is 2.34 bits per heavy atom. The molecule has 8 heteroatoms. The number of benzene rings is 2. The van der Waals surface area contributed by atoms with Crippen LogP contribution < -0.4 is 9.80 Å². The van der Waals surface area contributed by atoms with Crippen molar-refractivity contribution in [3.8, 4) is 0 Å². The van der Waals surface area contributed by atoms with Crippen LogP contribution in [0.1, 0.15) is 18.4 Å². The van der Waals surface area contributed by atoms with Crippen LogP contribution in [-0.4, -0.2) is 62.0 Å². The second kappa shape index (κ2) is 8.64. The summed E-state index contributed by atoms with van der Waals surface area (Å²) >= 11 is 6.13. The standard InChI is InChI=1S/C24H26ClN3O4/c25-19-7-5-8-20(16-19)27-14-12-26(13-15-27)10-3-4-11-28-21-9-2-1-6-18(21)17-24(28)31-22(29)23(30)32-24/h1-2,5-9,16H,3-4,10-15,17H2. The molecule has 2 fully saturated rings. The molecule has 0 bridgehead atoms. The number of anilines is 2. The molecule has 0 radical (unpaired) electrons. The summed E-state index contributed by atoms with van der Waals surface area (Å²) in [6.07, 6.45) is 2.28. The van der Waals surface area contributed by atoms with E-state index in [1.54, 1.807) is 0 Å². The first kappa shape index (κ1) is 21.1. The van der Waals surface area contributed by atoms with E-state index in [4.69, 9.17) is 21.1 Å². The fourth-order valence-electron chi connectivity index (χ4n) is 4.82. The van der Waals surface area contributed by atoms with Gasteiger partial charge in [0.15, 0.2) is 0 Å². The smallest absolute Gasteiger partial charge is 0.395 e. The Morgan fingerprint density at radius 1 is 0.875 bits per heavy atom. The molecule has 2 aromatic rings. The van der Waals surface area contributed by atoms with Crippen molar-refractivity contribution in [3.05, 3.63) is 59.1 Å². The zero-order valence-corrected chi connectivity index (χ0v) is 18.6. The number of piperazine rings is 1. The molecule has 0 N–H and O–H groups in total. The molecule has 1 spiro atoms. The molecule has 0 aromatic heterocycles. The van der Waals surface area contributed by atoms with Gasteiger partial charge in [0, 0.05) is 49.1 Å². The van der Waals surface area contributed by atoms with Crippen molar-refractivity contribution in [2.75, 3.05) is 49.1 Å². The lowest BCUT2D eigenvalue weighted by atomic mass is 10.1. The summed E-state index contributed by atoms with van der Waals surface area (Å²) in [5.74, 6) is -3.15. The van der Waals surface area contributed by atoms with Gasteiger partial charge in [-0.15, -0.1) is 0 Å². The van der Waals surface area contributed by atoms with E-state index in [1.807, 2.05) is 47.4 Å². The van der Waals surface area contributed by atoms with Crippen molar-refractivity contribution in [3.63, 3.8) is 0 Å².